The SMILES string of the molecule is CC1=NN(Cc2ccc(OCc3nc(-c4ccc(Cl)cc4)oc3C)cc2-c2ccccc2)C(=O)C1. The quantitative estimate of drug-likeness (QED) is 0.293. The Kier molecular flexibility index (Phi) is 6.38. The fraction of sp³-hybridized carbons (Fsp3) is 0.179. The van der Waals surface area contributed by atoms with Gasteiger partial charge in [-0.3, -0.25) is 4.79 Å². The molecule has 0 N–H and O–H groups in total. The Balaban J connectivity index is 1.38. The summed E-state index contributed by atoms with van der Waals surface area (Å²) < 4.78 is 12.0. The lowest BCUT2D eigenvalue weighted by Crippen LogP contribution is -2.20. The van der Waals surface area contributed by atoms with Crippen molar-refractivity contribution in [2.45, 2.75) is 33.4 Å². The van der Waals surface area contributed by atoms with Gasteiger partial charge in [-0.1, -0.05) is 48.0 Å². The molecule has 2 heterocycles. The Bertz CT molecular complexity index is 1390. The maximum Gasteiger partial charge on any atom is 0.248 e. The van der Waals surface area contributed by atoms with Crippen LogP contribution in [0.3, 0.4) is 0 Å². The first-order chi connectivity index (χ1) is 17.0. The van der Waals surface area contributed by atoms with Crippen molar-refractivity contribution in [1.82, 2.24) is 9.99 Å². The average molecular weight is 486 g/mol. The monoisotopic (exact) mass is 485 g/mol. The molecular formula is C28H24ClN3O3. The molecule has 0 bridgehead atoms. The van der Waals surface area contributed by atoms with Crippen LogP contribution in [0.25, 0.3) is 22.6 Å². The molecule has 176 valence electrons. The van der Waals surface area contributed by atoms with Crippen LogP contribution in [0.2, 0.25) is 5.02 Å². The molecule has 0 saturated carbocycles. The zero-order chi connectivity index (χ0) is 24.4. The summed E-state index contributed by atoms with van der Waals surface area (Å²) >= 11 is 5.99. The van der Waals surface area contributed by atoms with Crippen molar-refractivity contribution < 1.29 is 13.9 Å². The summed E-state index contributed by atoms with van der Waals surface area (Å²) in [5.41, 5.74) is 5.45. The van der Waals surface area contributed by atoms with Crippen molar-refractivity contribution in [2.24, 2.45) is 5.10 Å². The summed E-state index contributed by atoms with van der Waals surface area (Å²) in [4.78, 5) is 16.9. The number of hydrogen-bond donors (Lipinski definition) is 0. The number of oxazole rings is 1. The van der Waals surface area contributed by atoms with Crippen LogP contribution >= 0.6 is 11.6 Å². The number of rotatable bonds is 7. The summed E-state index contributed by atoms with van der Waals surface area (Å²) in [7, 11) is 0. The fourth-order valence-corrected chi connectivity index (χ4v) is 4.12. The average Bonchev–Trinajstić information content (AvgIpc) is 3.39. The van der Waals surface area contributed by atoms with E-state index in [1.807, 2.05) is 86.6 Å². The number of benzene rings is 3. The van der Waals surface area contributed by atoms with E-state index in [0.29, 0.717) is 35.4 Å². The lowest BCUT2D eigenvalue weighted by molar-refractivity contribution is -0.129. The predicted molar refractivity (Wildman–Crippen MR) is 136 cm³/mol. The topological polar surface area (TPSA) is 67.9 Å². The molecule has 0 fully saturated rings. The molecule has 5 rings (SSSR count). The van der Waals surface area contributed by atoms with Gasteiger partial charge in [0.1, 0.15) is 23.8 Å². The molecule has 1 amide bonds. The molecule has 0 radical (unpaired) electrons. The smallest absolute Gasteiger partial charge is 0.248 e. The van der Waals surface area contributed by atoms with E-state index in [2.05, 4.69) is 10.1 Å². The summed E-state index contributed by atoms with van der Waals surface area (Å²) in [6.45, 7) is 4.43. The van der Waals surface area contributed by atoms with Gasteiger partial charge in [-0.2, -0.15) is 5.10 Å². The minimum Gasteiger partial charge on any atom is -0.487 e. The highest BCUT2D eigenvalue weighted by atomic mass is 35.5. The number of nitrogens with zero attached hydrogens (tertiary/aromatic N) is 3. The van der Waals surface area contributed by atoms with E-state index in [9.17, 15) is 4.79 Å². The minimum atomic E-state index is 0.0137. The number of halogens is 1. The standard InChI is InChI=1S/C28H24ClN3O3/c1-18-14-27(33)32(31-18)16-22-10-13-24(15-25(22)20-6-4-3-5-7-20)34-17-26-19(2)35-28(30-26)21-8-11-23(29)12-9-21/h3-13,15H,14,16-17H2,1-2H3. The highest BCUT2D eigenvalue weighted by Crippen LogP contribution is 2.31. The molecular weight excluding hydrogens is 462 g/mol. The van der Waals surface area contributed by atoms with Crippen molar-refractivity contribution in [3.05, 3.63) is 94.8 Å². The van der Waals surface area contributed by atoms with Crippen molar-refractivity contribution in [2.75, 3.05) is 0 Å². The molecule has 35 heavy (non-hydrogen) atoms. The second kappa shape index (κ2) is 9.76. The summed E-state index contributed by atoms with van der Waals surface area (Å²) in [5.74, 6) is 1.95. The molecule has 4 aromatic rings. The lowest BCUT2D eigenvalue weighted by Gasteiger charge is -2.17. The molecule has 1 aromatic heterocycles. The number of ether oxygens (including phenoxy) is 1. The molecule has 0 atom stereocenters. The Morgan fingerprint density at radius 3 is 2.49 bits per heavy atom. The molecule has 1 aliphatic heterocycles. The first-order valence-electron chi connectivity index (χ1n) is 11.3. The summed E-state index contributed by atoms with van der Waals surface area (Å²) in [6.07, 6.45) is 0.372. The van der Waals surface area contributed by atoms with E-state index in [-0.39, 0.29) is 12.5 Å². The van der Waals surface area contributed by atoms with Crippen LogP contribution in [0.15, 0.2) is 82.3 Å². The number of amides is 1. The second-order valence-corrected chi connectivity index (χ2v) is 8.90. The Labute approximate surface area is 208 Å². The van der Waals surface area contributed by atoms with Crippen LogP contribution in [-0.2, 0) is 17.9 Å². The summed E-state index contributed by atoms with van der Waals surface area (Å²) in [6, 6.07) is 23.3. The Hall–Kier alpha value is -3.90. The van der Waals surface area contributed by atoms with Crippen molar-refractivity contribution in [3.63, 3.8) is 0 Å². The van der Waals surface area contributed by atoms with Crippen LogP contribution in [0.4, 0.5) is 0 Å². The molecule has 3 aromatic carbocycles. The van der Waals surface area contributed by atoms with E-state index in [0.717, 1.165) is 33.7 Å². The van der Waals surface area contributed by atoms with Crippen LogP contribution in [-0.4, -0.2) is 21.6 Å². The largest absolute Gasteiger partial charge is 0.487 e. The Morgan fingerprint density at radius 1 is 1.00 bits per heavy atom. The normalized spacial score (nSPS) is 13.3. The molecule has 0 saturated heterocycles. The molecule has 6 nitrogen and oxygen atoms in total. The van der Waals surface area contributed by atoms with Crippen LogP contribution in [0, 0.1) is 6.92 Å². The van der Waals surface area contributed by atoms with Crippen LogP contribution < -0.4 is 4.74 Å². The van der Waals surface area contributed by atoms with Crippen LogP contribution in [0.5, 0.6) is 5.75 Å². The van der Waals surface area contributed by atoms with E-state index in [1.165, 1.54) is 5.01 Å². The van der Waals surface area contributed by atoms with Gasteiger partial charge in [-0.25, -0.2) is 9.99 Å². The van der Waals surface area contributed by atoms with Crippen molar-refractivity contribution in [3.8, 4) is 28.3 Å². The number of aromatic nitrogens is 1. The van der Waals surface area contributed by atoms with Gasteiger partial charge in [0.25, 0.3) is 0 Å². The third-order valence-electron chi connectivity index (χ3n) is 5.83. The molecule has 0 aliphatic carbocycles. The van der Waals surface area contributed by atoms with E-state index in [4.69, 9.17) is 20.8 Å². The van der Waals surface area contributed by atoms with Gasteiger partial charge < -0.3 is 9.15 Å². The van der Waals surface area contributed by atoms with Gasteiger partial charge in [0.15, 0.2) is 0 Å². The van der Waals surface area contributed by atoms with Gasteiger partial charge in [0.05, 0.1) is 13.0 Å². The van der Waals surface area contributed by atoms with Crippen molar-refractivity contribution >= 4 is 23.2 Å². The maximum absolute atomic E-state index is 12.3. The highest BCUT2D eigenvalue weighted by Gasteiger charge is 2.22. The third kappa shape index (κ3) is 5.12. The van der Waals surface area contributed by atoms with Gasteiger partial charge in [0.2, 0.25) is 11.8 Å². The van der Waals surface area contributed by atoms with Crippen LogP contribution in [0.1, 0.15) is 30.4 Å². The van der Waals surface area contributed by atoms with E-state index < -0.39 is 0 Å². The van der Waals surface area contributed by atoms with E-state index in [1.54, 1.807) is 0 Å². The molecule has 0 spiro atoms. The van der Waals surface area contributed by atoms with Gasteiger partial charge >= 0.3 is 0 Å². The van der Waals surface area contributed by atoms with Gasteiger partial charge in [-0.05, 0) is 66.9 Å². The maximum atomic E-state index is 12.3. The highest BCUT2D eigenvalue weighted by molar-refractivity contribution is 6.30. The zero-order valence-electron chi connectivity index (χ0n) is 19.5. The van der Waals surface area contributed by atoms with Crippen molar-refractivity contribution in [1.29, 1.82) is 0 Å². The first-order valence-corrected chi connectivity index (χ1v) is 11.7. The predicted octanol–water partition coefficient (Wildman–Crippen LogP) is 6.66. The minimum absolute atomic E-state index is 0.0137. The number of aryl methyl sites for hydroxylation is 1. The second-order valence-electron chi connectivity index (χ2n) is 8.47. The number of hydrazone groups is 1. The number of hydrogen-bond acceptors (Lipinski definition) is 5. The summed E-state index contributed by atoms with van der Waals surface area (Å²) in [5, 5.41) is 6.58. The Morgan fingerprint density at radius 2 is 1.77 bits per heavy atom. The zero-order valence-corrected chi connectivity index (χ0v) is 20.2. The van der Waals surface area contributed by atoms with Gasteiger partial charge in [-0.15, -0.1) is 0 Å². The molecule has 0 unspecified atom stereocenters. The number of carbonyl (C=O) groups is 1. The molecule has 7 heteroatoms. The van der Waals surface area contributed by atoms with Gasteiger partial charge in [0, 0.05) is 16.3 Å². The van der Waals surface area contributed by atoms with E-state index >= 15 is 0 Å². The fourth-order valence-electron chi connectivity index (χ4n) is 3.99. The number of carbonyl (C=O) groups excluding carboxylic acids is 1. The lowest BCUT2D eigenvalue weighted by atomic mass is 9.99. The third-order valence-corrected chi connectivity index (χ3v) is 6.08. The molecule has 1 aliphatic rings. The first kappa shape index (κ1) is 22.9.